The molecule has 6 nitrogen and oxygen atoms in total. The largest absolute Gasteiger partial charge is 0.449 e. The molecule has 0 saturated carbocycles. The highest BCUT2D eigenvalue weighted by atomic mass is 16.5. The number of hydrogen-bond donors (Lipinski definition) is 2. The number of nitrogens with two attached hydrogens (primary N) is 1. The van der Waals surface area contributed by atoms with Crippen LogP contribution >= 0.6 is 0 Å². The molecule has 1 rings (SSSR count). The number of primary amides is 1. The summed E-state index contributed by atoms with van der Waals surface area (Å²) in [5, 5.41) is 0. The Labute approximate surface area is 80.6 Å². The second-order valence-corrected chi connectivity index (χ2v) is 2.46. The van der Waals surface area contributed by atoms with Crippen molar-refractivity contribution in [3.63, 3.8) is 0 Å². The molecular formula is C8H11N3O3. The Balaban J connectivity index is 2.71. The van der Waals surface area contributed by atoms with Gasteiger partial charge >= 0.3 is 6.09 Å². The summed E-state index contributed by atoms with van der Waals surface area (Å²) in [5.41, 5.74) is 7.58. The number of ether oxygens (including phenoxy) is 1. The minimum Gasteiger partial charge on any atom is -0.449 e. The van der Waals surface area contributed by atoms with Crippen molar-refractivity contribution in [3.05, 3.63) is 24.0 Å². The van der Waals surface area contributed by atoms with E-state index >= 15 is 0 Å². The van der Waals surface area contributed by atoms with Gasteiger partial charge in [0.15, 0.2) is 0 Å². The standard InChI is InChI=1S/C8H11N3O3/c1-2-14-8(13)10-11-5-3-4-6(11)7(9)12/h3-5H,2H2,1H3,(H2,9,12)(H,10,13). The van der Waals surface area contributed by atoms with Gasteiger partial charge in [0.1, 0.15) is 5.69 Å². The third-order valence-corrected chi connectivity index (χ3v) is 1.49. The van der Waals surface area contributed by atoms with Crippen molar-refractivity contribution in [1.82, 2.24) is 4.68 Å². The second kappa shape index (κ2) is 4.31. The zero-order valence-electron chi connectivity index (χ0n) is 7.69. The minimum atomic E-state index is -0.633. The zero-order chi connectivity index (χ0) is 10.6. The smallest absolute Gasteiger partial charge is 0.426 e. The highest BCUT2D eigenvalue weighted by Crippen LogP contribution is 1.98. The van der Waals surface area contributed by atoms with Crippen molar-refractivity contribution < 1.29 is 14.3 Å². The SMILES string of the molecule is CCOC(=O)Nn1cccc1C(N)=O. The van der Waals surface area contributed by atoms with Gasteiger partial charge in [0.2, 0.25) is 0 Å². The van der Waals surface area contributed by atoms with Crippen molar-refractivity contribution in [2.24, 2.45) is 5.73 Å². The summed E-state index contributed by atoms with van der Waals surface area (Å²) >= 11 is 0. The molecule has 0 unspecified atom stereocenters. The van der Waals surface area contributed by atoms with Gasteiger partial charge in [-0.15, -0.1) is 0 Å². The molecule has 2 amide bonds. The van der Waals surface area contributed by atoms with E-state index in [1.807, 2.05) is 0 Å². The number of rotatable bonds is 3. The Hall–Kier alpha value is -1.98. The van der Waals surface area contributed by atoms with Gasteiger partial charge in [-0.25, -0.2) is 10.2 Å². The molecule has 0 spiro atoms. The number of carbonyl (C=O) groups excluding carboxylic acids is 2. The molecule has 76 valence electrons. The predicted octanol–water partition coefficient (Wildman–Crippen LogP) is 0.287. The van der Waals surface area contributed by atoms with E-state index in [0.29, 0.717) is 0 Å². The highest BCUT2D eigenvalue weighted by Gasteiger charge is 2.08. The van der Waals surface area contributed by atoms with E-state index in [1.54, 1.807) is 13.0 Å². The van der Waals surface area contributed by atoms with Crippen LogP contribution < -0.4 is 11.2 Å². The third kappa shape index (κ3) is 2.25. The molecule has 1 aromatic rings. The summed E-state index contributed by atoms with van der Waals surface area (Å²) in [5.74, 6) is -0.619. The summed E-state index contributed by atoms with van der Waals surface area (Å²) in [4.78, 5) is 21.8. The minimum absolute atomic E-state index is 0.193. The van der Waals surface area contributed by atoms with E-state index < -0.39 is 12.0 Å². The van der Waals surface area contributed by atoms with Crippen molar-refractivity contribution in [2.75, 3.05) is 12.0 Å². The van der Waals surface area contributed by atoms with E-state index in [0.717, 1.165) is 0 Å². The number of hydrogen-bond acceptors (Lipinski definition) is 3. The van der Waals surface area contributed by atoms with Crippen LogP contribution in [0.2, 0.25) is 0 Å². The van der Waals surface area contributed by atoms with Gasteiger partial charge < -0.3 is 10.5 Å². The fraction of sp³-hybridized carbons (Fsp3) is 0.250. The average molecular weight is 197 g/mol. The first-order chi connectivity index (χ1) is 6.65. The van der Waals surface area contributed by atoms with Crippen LogP contribution in [-0.2, 0) is 4.74 Å². The van der Waals surface area contributed by atoms with Crippen molar-refractivity contribution in [3.8, 4) is 0 Å². The topological polar surface area (TPSA) is 86.3 Å². The third-order valence-electron chi connectivity index (χ3n) is 1.49. The molecule has 0 aromatic carbocycles. The van der Waals surface area contributed by atoms with E-state index in [1.165, 1.54) is 16.9 Å². The van der Waals surface area contributed by atoms with Crippen LogP contribution in [0.25, 0.3) is 0 Å². The Bertz CT molecular complexity index is 345. The number of nitrogens with one attached hydrogen (secondary N) is 1. The van der Waals surface area contributed by atoms with Gasteiger partial charge in [0, 0.05) is 6.20 Å². The van der Waals surface area contributed by atoms with Crippen LogP contribution in [0.15, 0.2) is 18.3 Å². The quantitative estimate of drug-likeness (QED) is 0.730. The van der Waals surface area contributed by atoms with Crippen molar-refractivity contribution >= 4 is 12.0 Å². The first-order valence-corrected chi connectivity index (χ1v) is 4.06. The number of aromatic nitrogens is 1. The fourth-order valence-electron chi connectivity index (χ4n) is 0.941. The number of amides is 2. The van der Waals surface area contributed by atoms with Gasteiger partial charge in [-0.2, -0.15) is 0 Å². The predicted molar refractivity (Wildman–Crippen MR) is 49.3 cm³/mol. The van der Waals surface area contributed by atoms with Crippen molar-refractivity contribution in [1.29, 1.82) is 0 Å². The van der Waals surface area contributed by atoms with Gasteiger partial charge in [0.25, 0.3) is 5.91 Å². The summed E-state index contributed by atoms with van der Waals surface area (Å²) in [7, 11) is 0. The molecule has 3 N–H and O–H groups in total. The van der Waals surface area contributed by atoms with Crippen LogP contribution in [-0.4, -0.2) is 23.3 Å². The molecule has 0 fully saturated rings. The molecule has 0 radical (unpaired) electrons. The van der Waals surface area contributed by atoms with Crippen molar-refractivity contribution in [2.45, 2.75) is 6.92 Å². The molecule has 0 saturated heterocycles. The molecule has 0 atom stereocenters. The number of nitrogens with zero attached hydrogens (tertiary/aromatic N) is 1. The van der Waals surface area contributed by atoms with Crippen LogP contribution in [0.5, 0.6) is 0 Å². The molecule has 0 aliphatic carbocycles. The lowest BCUT2D eigenvalue weighted by Crippen LogP contribution is -2.28. The van der Waals surface area contributed by atoms with Crippen LogP contribution in [0.4, 0.5) is 4.79 Å². The summed E-state index contributed by atoms with van der Waals surface area (Å²) < 4.78 is 5.84. The lowest BCUT2D eigenvalue weighted by Gasteiger charge is -2.08. The maximum absolute atomic E-state index is 11.0. The summed E-state index contributed by atoms with van der Waals surface area (Å²) in [6, 6.07) is 3.08. The average Bonchev–Trinajstić information content (AvgIpc) is 2.52. The Kier molecular flexibility index (Phi) is 3.11. The Morgan fingerprint density at radius 2 is 2.36 bits per heavy atom. The lowest BCUT2D eigenvalue weighted by atomic mass is 10.4. The second-order valence-electron chi connectivity index (χ2n) is 2.46. The Morgan fingerprint density at radius 1 is 1.64 bits per heavy atom. The van der Waals surface area contributed by atoms with Gasteiger partial charge in [-0.3, -0.25) is 9.47 Å². The maximum atomic E-state index is 11.0. The number of carbonyl (C=O) groups is 2. The molecular weight excluding hydrogens is 186 g/mol. The molecule has 0 aliphatic heterocycles. The molecule has 1 heterocycles. The zero-order valence-corrected chi connectivity index (χ0v) is 7.69. The van der Waals surface area contributed by atoms with Gasteiger partial charge in [-0.05, 0) is 19.1 Å². The van der Waals surface area contributed by atoms with E-state index in [-0.39, 0.29) is 12.3 Å². The summed E-state index contributed by atoms with van der Waals surface area (Å²) in [6.07, 6.45) is 0.864. The Morgan fingerprint density at radius 3 is 2.93 bits per heavy atom. The lowest BCUT2D eigenvalue weighted by molar-refractivity contribution is 0.0993. The van der Waals surface area contributed by atoms with Gasteiger partial charge in [0.05, 0.1) is 6.61 Å². The fourth-order valence-corrected chi connectivity index (χ4v) is 0.941. The molecule has 14 heavy (non-hydrogen) atoms. The molecule has 1 aromatic heterocycles. The van der Waals surface area contributed by atoms with E-state index in [4.69, 9.17) is 5.73 Å². The normalized spacial score (nSPS) is 9.50. The van der Waals surface area contributed by atoms with Crippen LogP contribution in [0, 0.1) is 0 Å². The van der Waals surface area contributed by atoms with Crippen LogP contribution in [0.1, 0.15) is 17.4 Å². The monoisotopic (exact) mass is 197 g/mol. The van der Waals surface area contributed by atoms with Gasteiger partial charge in [-0.1, -0.05) is 0 Å². The first-order valence-electron chi connectivity index (χ1n) is 4.06. The van der Waals surface area contributed by atoms with E-state index in [2.05, 4.69) is 10.2 Å². The molecule has 0 bridgehead atoms. The highest BCUT2D eigenvalue weighted by molar-refractivity contribution is 5.92. The van der Waals surface area contributed by atoms with Crippen LogP contribution in [0.3, 0.4) is 0 Å². The van der Waals surface area contributed by atoms with E-state index in [9.17, 15) is 9.59 Å². The molecule has 0 aliphatic rings. The maximum Gasteiger partial charge on any atom is 0.426 e. The summed E-state index contributed by atoms with van der Waals surface area (Å²) in [6.45, 7) is 1.95. The molecule has 6 heteroatoms. The first kappa shape index (κ1) is 10.1.